The van der Waals surface area contributed by atoms with Gasteiger partial charge in [-0.05, 0) is 65.9 Å². The second-order valence-electron chi connectivity index (χ2n) is 7.01. The molecule has 2 heterocycles. The lowest BCUT2D eigenvalue weighted by Gasteiger charge is -2.21. The summed E-state index contributed by atoms with van der Waals surface area (Å²) in [6.45, 7) is 1.41. The maximum absolute atomic E-state index is 13.2. The van der Waals surface area contributed by atoms with Crippen LogP contribution < -0.4 is 5.32 Å². The van der Waals surface area contributed by atoms with Crippen molar-refractivity contribution in [3.8, 4) is 5.69 Å². The van der Waals surface area contributed by atoms with E-state index in [0.29, 0.717) is 11.4 Å². The molecule has 0 saturated carbocycles. The smallest absolute Gasteiger partial charge is 0.243 e. The number of benzene rings is 2. The van der Waals surface area contributed by atoms with Gasteiger partial charge in [0.2, 0.25) is 15.9 Å². The summed E-state index contributed by atoms with van der Waals surface area (Å²) in [5.74, 6) is -0.0540. The van der Waals surface area contributed by atoms with E-state index in [1.807, 2.05) is 6.92 Å². The summed E-state index contributed by atoms with van der Waals surface area (Å²) in [6, 6.07) is 16.6. The minimum absolute atomic E-state index is 0.0745. The van der Waals surface area contributed by atoms with Crippen molar-refractivity contribution in [3.63, 3.8) is 0 Å². The topological polar surface area (TPSA) is 123 Å². The monoisotopic (exact) mass is 452 g/mol. The Morgan fingerprint density at radius 2 is 1.84 bits per heavy atom. The van der Waals surface area contributed by atoms with Crippen LogP contribution in [-0.4, -0.2) is 45.4 Å². The second-order valence-corrected chi connectivity index (χ2v) is 8.95. The normalized spacial score (nSPS) is 11.6. The number of anilines is 1. The van der Waals surface area contributed by atoms with Crippen molar-refractivity contribution in [1.82, 2.24) is 24.5 Å². The number of carbonyl (C=O) groups excluding carboxylic acids is 1. The third kappa shape index (κ3) is 4.90. The SMILES string of the molecule is Cc1ccc(S(=O)(=O)N(CC(=O)Nc2ccc(-n3cnnn3)cc2)Cc2ccco2)cc1. The van der Waals surface area contributed by atoms with E-state index in [2.05, 4.69) is 20.8 Å². The summed E-state index contributed by atoms with van der Waals surface area (Å²) in [5, 5.41) is 13.7. The van der Waals surface area contributed by atoms with E-state index in [-0.39, 0.29) is 18.0 Å². The van der Waals surface area contributed by atoms with E-state index in [0.717, 1.165) is 15.6 Å². The van der Waals surface area contributed by atoms with Crippen molar-refractivity contribution in [2.75, 3.05) is 11.9 Å². The molecule has 0 atom stereocenters. The van der Waals surface area contributed by atoms with Crippen molar-refractivity contribution >= 4 is 21.6 Å². The zero-order valence-corrected chi connectivity index (χ0v) is 17.9. The molecule has 32 heavy (non-hydrogen) atoms. The molecule has 0 saturated heterocycles. The first kappa shape index (κ1) is 21.4. The van der Waals surface area contributed by atoms with Crippen molar-refractivity contribution in [2.24, 2.45) is 0 Å². The molecular formula is C21H20N6O4S. The highest BCUT2D eigenvalue weighted by Gasteiger charge is 2.27. The predicted molar refractivity (Wildman–Crippen MR) is 115 cm³/mol. The molecular weight excluding hydrogens is 432 g/mol. The minimum Gasteiger partial charge on any atom is -0.468 e. The van der Waals surface area contributed by atoms with Crippen LogP contribution in [0.3, 0.4) is 0 Å². The fourth-order valence-corrected chi connectivity index (χ4v) is 4.36. The van der Waals surface area contributed by atoms with E-state index in [4.69, 9.17) is 4.42 Å². The number of aromatic nitrogens is 4. The predicted octanol–water partition coefficient (Wildman–Crippen LogP) is 2.39. The van der Waals surface area contributed by atoms with Crippen LogP contribution in [0.1, 0.15) is 11.3 Å². The lowest BCUT2D eigenvalue weighted by Crippen LogP contribution is -2.37. The molecule has 0 bridgehead atoms. The maximum Gasteiger partial charge on any atom is 0.243 e. The third-order valence-electron chi connectivity index (χ3n) is 4.66. The highest BCUT2D eigenvalue weighted by atomic mass is 32.2. The van der Waals surface area contributed by atoms with Crippen molar-refractivity contribution in [1.29, 1.82) is 0 Å². The van der Waals surface area contributed by atoms with Crippen LogP contribution in [0.5, 0.6) is 0 Å². The largest absolute Gasteiger partial charge is 0.468 e. The number of aryl methyl sites for hydroxylation is 1. The average Bonchev–Trinajstić information content (AvgIpc) is 3.49. The summed E-state index contributed by atoms with van der Waals surface area (Å²) in [5.41, 5.74) is 2.16. The van der Waals surface area contributed by atoms with Crippen LogP contribution in [-0.2, 0) is 21.4 Å². The molecule has 2 aromatic carbocycles. The van der Waals surface area contributed by atoms with E-state index in [1.165, 1.54) is 29.4 Å². The first-order chi connectivity index (χ1) is 15.4. The highest BCUT2D eigenvalue weighted by Crippen LogP contribution is 2.20. The lowest BCUT2D eigenvalue weighted by molar-refractivity contribution is -0.116. The Labute approximate surface area is 184 Å². The molecule has 11 heteroatoms. The summed E-state index contributed by atoms with van der Waals surface area (Å²) in [7, 11) is -3.93. The Balaban J connectivity index is 1.51. The van der Waals surface area contributed by atoms with Crippen LogP contribution in [0, 0.1) is 6.92 Å². The summed E-state index contributed by atoms with van der Waals surface area (Å²) < 4.78 is 34.3. The van der Waals surface area contributed by atoms with Gasteiger partial charge in [0.25, 0.3) is 0 Å². The zero-order chi connectivity index (χ0) is 22.6. The quantitative estimate of drug-likeness (QED) is 0.435. The average molecular weight is 452 g/mol. The number of amides is 1. The van der Waals surface area contributed by atoms with Crippen LogP contribution in [0.15, 0.2) is 82.6 Å². The van der Waals surface area contributed by atoms with Gasteiger partial charge in [0.1, 0.15) is 12.1 Å². The van der Waals surface area contributed by atoms with Crippen LogP contribution in [0.2, 0.25) is 0 Å². The first-order valence-corrected chi connectivity index (χ1v) is 11.1. The fraction of sp³-hybridized carbons (Fsp3) is 0.143. The Bertz CT molecular complexity index is 1270. The maximum atomic E-state index is 13.2. The first-order valence-electron chi connectivity index (χ1n) is 9.64. The molecule has 0 unspecified atom stereocenters. The van der Waals surface area contributed by atoms with Crippen molar-refractivity contribution in [2.45, 2.75) is 18.4 Å². The number of nitrogens with zero attached hydrogens (tertiary/aromatic N) is 5. The van der Waals surface area contributed by atoms with Crippen molar-refractivity contribution in [3.05, 3.63) is 84.6 Å². The van der Waals surface area contributed by atoms with Gasteiger partial charge in [-0.3, -0.25) is 4.79 Å². The fourth-order valence-electron chi connectivity index (χ4n) is 3.00. The Hall–Kier alpha value is -3.83. The number of carbonyl (C=O) groups is 1. The molecule has 0 aliphatic heterocycles. The molecule has 0 aliphatic rings. The molecule has 10 nitrogen and oxygen atoms in total. The van der Waals surface area contributed by atoms with Gasteiger partial charge in [0, 0.05) is 5.69 Å². The Kier molecular flexibility index (Phi) is 6.10. The molecule has 2 aromatic heterocycles. The molecule has 4 aromatic rings. The van der Waals surface area contributed by atoms with Gasteiger partial charge < -0.3 is 9.73 Å². The van der Waals surface area contributed by atoms with Crippen molar-refractivity contribution < 1.29 is 17.6 Å². The van der Waals surface area contributed by atoms with Gasteiger partial charge in [0.15, 0.2) is 0 Å². The number of nitrogens with one attached hydrogen (secondary N) is 1. The highest BCUT2D eigenvalue weighted by molar-refractivity contribution is 7.89. The molecule has 1 amide bonds. The number of hydrogen-bond acceptors (Lipinski definition) is 7. The number of rotatable bonds is 8. The lowest BCUT2D eigenvalue weighted by atomic mass is 10.2. The van der Waals surface area contributed by atoms with Crippen LogP contribution in [0.25, 0.3) is 5.69 Å². The second kappa shape index (κ2) is 9.12. The summed E-state index contributed by atoms with van der Waals surface area (Å²) in [6.07, 6.45) is 2.91. The van der Waals surface area contributed by atoms with Gasteiger partial charge in [-0.15, -0.1) is 5.10 Å². The van der Waals surface area contributed by atoms with Crippen LogP contribution >= 0.6 is 0 Å². The number of furan rings is 1. The zero-order valence-electron chi connectivity index (χ0n) is 17.1. The Morgan fingerprint density at radius 1 is 1.09 bits per heavy atom. The third-order valence-corrected chi connectivity index (χ3v) is 6.46. The van der Waals surface area contributed by atoms with Gasteiger partial charge in [-0.2, -0.15) is 4.31 Å². The summed E-state index contributed by atoms with van der Waals surface area (Å²) >= 11 is 0. The molecule has 0 fully saturated rings. The van der Waals surface area contributed by atoms with E-state index < -0.39 is 15.9 Å². The van der Waals surface area contributed by atoms with Gasteiger partial charge in [-0.25, -0.2) is 13.1 Å². The molecule has 0 spiro atoms. The minimum atomic E-state index is -3.93. The molecule has 4 rings (SSSR count). The molecule has 1 N–H and O–H groups in total. The van der Waals surface area contributed by atoms with Crippen LogP contribution in [0.4, 0.5) is 5.69 Å². The van der Waals surface area contributed by atoms with Gasteiger partial charge in [-0.1, -0.05) is 17.7 Å². The van der Waals surface area contributed by atoms with E-state index in [1.54, 1.807) is 48.5 Å². The standard InChI is InChI=1S/C21H20N6O4S/c1-16-4-10-20(11-5-16)32(29,30)26(13-19-3-2-12-31-19)14-21(28)23-17-6-8-18(9-7-17)27-15-22-24-25-27/h2-12,15H,13-14H2,1H3,(H,23,28). The molecule has 164 valence electrons. The van der Waals surface area contributed by atoms with Gasteiger partial charge in [0.05, 0.1) is 29.9 Å². The van der Waals surface area contributed by atoms with E-state index >= 15 is 0 Å². The number of tetrazole rings is 1. The van der Waals surface area contributed by atoms with Gasteiger partial charge >= 0.3 is 0 Å². The van der Waals surface area contributed by atoms with E-state index in [9.17, 15) is 13.2 Å². The molecule has 0 radical (unpaired) electrons. The Morgan fingerprint density at radius 3 is 2.47 bits per heavy atom. The number of hydrogen-bond donors (Lipinski definition) is 1. The molecule has 0 aliphatic carbocycles. The summed E-state index contributed by atoms with van der Waals surface area (Å²) in [4.78, 5) is 12.8. The number of sulfonamides is 1.